The normalized spacial score (nSPS) is 28.8. The van der Waals surface area contributed by atoms with E-state index in [0.717, 1.165) is 13.1 Å². The molecular formula is C9H19N3O. The van der Waals surface area contributed by atoms with Crippen molar-refractivity contribution in [1.82, 2.24) is 15.1 Å². The molecule has 2 unspecified atom stereocenters. The van der Waals surface area contributed by atoms with E-state index >= 15 is 0 Å². The Labute approximate surface area is 79.9 Å². The van der Waals surface area contributed by atoms with Crippen molar-refractivity contribution in [3.05, 3.63) is 0 Å². The molecule has 13 heavy (non-hydrogen) atoms. The minimum absolute atomic E-state index is 0.112. The van der Waals surface area contributed by atoms with E-state index < -0.39 is 0 Å². The number of carbonyl (C=O) groups is 1. The molecule has 0 radical (unpaired) electrons. The molecule has 1 N–H and O–H groups in total. The Morgan fingerprint density at radius 1 is 1.46 bits per heavy atom. The van der Waals surface area contributed by atoms with Crippen LogP contribution in [0.3, 0.4) is 0 Å². The minimum atomic E-state index is 0.112. The summed E-state index contributed by atoms with van der Waals surface area (Å²) in [7, 11) is 3.59. The summed E-state index contributed by atoms with van der Waals surface area (Å²) in [6.45, 7) is 5.86. The van der Waals surface area contributed by atoms with Gasteiger partial charge in [-0.1, -0.05) is 0 Å². The Hall–Kier alpha value is -0.770. The lowest BCUT2D eigenvalue weighted by Crippen LogP contribution is -2.58. The fraction of sp³-hybridized carbons (Fsp3) is 0.889. The average molecular weight is 185 g/mol. The maximum absolute atomic E-state index is 11.7. The molecule has 1 fully saturated rings. The Bertz CT molecular complexity index is 193. The average Bonchev–Trinajstić information content (AvgIpc) is 2.08. The number of amides is 2. The number of carbonyl (C=O) groups excluding carboxylic acids is 1. The van der Waals surface area contributed by atoms with Gasteiger partial charge >= 0.3 is 6.03 Å². The van der Waals surface area contributed by atoms with E-state index in [-0.39, 0.29) is 6.03 Å². The summed E-state index contributed by atoms with van der Waals surface area (Å²) in [6.07, 6.45) is 0. The number of urea groups is 1. The van der Waals surface area contributed by atoms with Gasteiger partial charge in [-0.15, -0.1) is 0 Å². The van der Waals surface area contributed by atoms with Crippen molar-refractivity contribution in [1.29, 1.82) is 0 Å². The molecule has 1 rings (SSSR count). The highest BCUT2D eigenvalue weighted by molar-refractivity contribution is 5.74. The second-order valence-electron chi connectivity index (χ2n) is 3.99. The first-order chi connectivity index (χ1) is 6.02. The second-order valence-corrected chi connectivity index (χ2v) is 3.99. The first kappa shape index (κ1) is 10.3. The highest BCUT2D eigenvalue weighted by Gasteiger charge is 2.27. The fourth-order valence-corrected chi connectivity index (χ4v) is 1.54. The highest BCUT2D eigenvalue weighted by Crippen LogP contribution is 2.08. The predicted octanol–water partition coefficient (Wildman–Crippen LogP) is 0.350. The summed E-state index contributed by atoms with van der Waals surface area (Å²) in [5.41, 5.74) is 0. The molecule has 0 aliphatic carbocycles. The minimum Gasteiger partial charge on any atom is -0.331 e. The Balaban J connectivity index is 2.60. The van der Waals surface area contributed by atoms with Crippen molar-refractivity contribution < 1.29 is 4.79 Å². The van der Waals surface area contributed by atoms with Crippen molar-refractivity contribution in [3.63, 3.8) is 0 Å². The zero-order valence-electron chi connectivity index (χ0n) is 8.87. The predicted molar refractivity (Wildman–Crippen MR) is 52.7 cm³/mol. The summed E-state index contributed by atoms with van der Waals surface area (Å²) in [5, 5.41) is 3.34. The van der Waals surface area contributed by atoms with Crippen LogP contribution in [0.15, 0.2) is 0 Å². The first-order valence-electron chi connectivity index (χ1n) is 4.73. The Morgan fingerprint density at radius 3 is 2.62 bits per heavy atom. The number of hydrogen-bond acceptors (Lipinski definition) is 2. The summed E-state index contributed by atoms with van der Waals surface area (Å²) < 4.78 is 0. The molecule has 2 amide bonds. The Kier molecular flexibility index (Phi) is 3.14. The lowest BCUT2D eigenvalue weighted by Gasteiger charge is -2.38. The summed E-state index contributed by atoms with van der Waals surface area (Å²) in [4.78, 5) is 15.2. The van der Waals surface area contributed by atoms with Crippen LogP contribution in [0.25, 0.3) is 0 Å². The number of nitrogens with zero attached hydrogens (tertiary/aromatic N) is 2. The maximum atomic E-state index is 11.7. The van der Waals surface area contributed by atoms with Crippen LogP contribution >= 0.6 is 0 Å². The van der Waals surface area contributed by atoms with Crippen LogP contribution in [-0.4, -0.2) is 55.1 Å². The third-order valence-electron chi connectivity index (χ3n) is 2.39. The highest BCUT2D eigenvalue weighted by atomic mass is 16.2. The molecule has 0 aromatic rings. The molecule has 1 saturated heterocycles. The summed E-state index contributed by atoms with van der Waals surface area (Å²) in [5.74, 6) is 0. The number of nitrogens with one attached hydrogen (secondary N) is 1. The van der Waals surface area contributed by atoms with E-state index in [4.69, 9.17) is 0 Å². The lowest BCUT2D eigenvalue weighted by atomic mass is 10.1. The van der Waals surface area contributed by atoms with Gasteiger partial charge in [0.25, 0.3) is 0 Å². The van der Waals surface area contributed by atoms with Gasteiger partial charge in [0.2, 0.25) is 0 Å². The molecule has 0 aromatic carbocycles. The van der Waals surface area contributed by atoms with Gasteiger partial charge in [-0.05, 0) is 13.8 Å². The van der Waals surface area contributed by atoms with Gasteiger partial charge in [-0.2, -0.15) is 0 Å². The van der Waals surface area contributed by atoms with Gasteiger partial charge in [0.05, 0.1) is 0 Å². The molecule has 1 aliphatic heterocycles. The maximum Gasteiger partial charge on any atom is 0.319 e. The Morgan fingerprint density at radius 2 is 2.08 bits per heavy atom. The van der Waals surface area contributed by atoms with Gasteiger partial charge in [-0.25, -0.2) is 4.79 Å². The van der Waals surface area contributed by atoms with Crippen LogP contribution in [0.1, 0.15) is 13.8 Å². The monoisotopic (exact) mass is 185 g/mol. The summed E-state index contributed by atoms with van der Waals surface area (Å²) >= 11 is 0. The van der Waals surface area contributed by atoms with Crippen molar-refractivity contribution >= 4 is 6.03 Å². The van der Waals surface area contributed by atoms with Crippen molar-refractivity contribution in [2.75, 3.05) is 27.2 Å². The van der Waals surface area contributed by atoms with Gasteiger partial charge in [0, 0.05) is 39.3 Å². The SMILES string of the molecule is CC1CN(C(=O)N(C)C)C(C)CN1. The van der Waals surface area contributed by atoms with Gasteiger partial charge in [0.1, 0.15) is 0 Å². The first-order valence-corrected chi connectivity index (χ1v) is 4.73. The number of piperazine rings is 1. The largest absolute Gasteiger partial charge is 0.331 e. The topological polar surface area (TPSA) is 35.6 Å². The molecule has 1 heterocycles. The molecule has 0 saturated carbocycles. The molecule has 0 spiro atoms. The van der Waals surface area contributed by atoms with E-state index in [9.17, 15) is 4.79 Å². The third kappa shape index (κ3) is 2.34. The van der Waals surface area contributed by atoms with Crippen molar-refractivity contribution in [2.24, 2.45) is 0 Å². The van der Waals surface area contributed by atoms with E-state index in [2.05, 4.69) is 19.2 Å². The molecule has 4 heteroatoms. The summed E-state index contributed by atoms with van der Waals surface area (Å²) in [6, 6.07) is 0.812. The zero-order chi connectivity index (χ0) is 10.0. The fourth-order valence-electron chi connectivity index (χ4n) is 1.54. The van der Waals surface area contributed by atoms with E-state index in [0.29, 0.717) is 12.1 Å². The van der Waals surface area contributed by atoms with Gasteiger partial charge in [0.15, 0.2) is 0 Å². The van der Waals surface area contributed by atoms with Gasteiger partial charge in [-0.3, -0.25) is 0 Å². The number of rotatable bonds is 0. The molecule has 2 atom stereocenters. The van der Waals surface area contributed by atoms with Crippen LogP contribution in [0.4, 0.5) is 4.79 Å². The van der Waals surface area contributed by atoms with Crippen LogP contribution in [0, 0.1) is 0 Å². The van der Waals surface area contributed by atoms with Crippen LogP contribution in [-0.2, 0) is 0 Å². The molecule has 0 aromatic heterocycles. The van der Waals surface area contributed by atoms with Crippen molar-refractivity contribution in [2.45, 2.75) is 25.9 Å². The molecular weight excluding hydrogens is 166 g/mol. The molecule has 76 valence electrons. The smallest absolute Gasteiger partial charge is 0.319 e. The van der Waals surface area contributed by atoms with Gasteiger partial charge < -0.3 is 15.1 Å². The standard InChI is InChI=1S/C9H19N3O/c1-7-6-12(8(2)5-10-7)9(13)11(3)4/h7-8,10H,5-6H2,1-4H3. The van der Waals surface area contributed by atoms with E-state index in [1.807, 2.05) is 4.90 Å². The van der Waals surface area contributed by atoms with Crippen LogP contribution in [0.2, 0.25) is 0 Å². The van der Waals surface area contributed by atoms with Crippen molar-refractivity contribution in [3.8, 4) is 0 Å². The van der Waals surface area contributed by atoms with Crippen LogP contribution < -0.4 is 5.32 Å². The van der Waals surface area contributed by atoms with E-state index in [1.54, 1.807) is 19.0 Å². The molecule has 1 aliphatic rings. The molecule has 4 nitrogen and oxygen atoms in total. The lowest BCUT2D eigenvalue weighted by molar-refractivity contribution is 0.128. The molecule has 0 bridgehead atoms. The third-order valence-corrected chi connectivity index (χ3v) is 2.39. The zero-order valence-corrected chi connectivity index (χ0v) is 8.87. The van der Waals surface area contributed by atoms with Crippen LogP contribution in [0.5, 0.6) is 0 Å². The van der Waals surface area contributed by atoms with E-state index in [1.165, 1.54) is 0 Å². The number of hydrogen-bond donors (Lipinski definition) is 1. The quantitative estimate of drug-likeness (QED) is 0.591. The second kappa shape index (κ2) is 3.96.